The van der Waals surface area contributed by atoms with Gasteiger partial charge in [-0.25, -0.2) is 4.39 Å². The Morgan fingerprint density at radius 1 is 1.25 bits per heavy atom. The van der Waals surface area contributed by atoms with Crippen LogP contribution in [0.5, 0.6) is 0 Å². The van der Waals surface area contributed by atoms with Crippen LogP contribution in [0, 0.1) is 5.82 Å². The Bertz CT molecular complexity index is 694. The molecule has 1 saturated heterocycles. The van der Waals surface area contributed by atoms with Crippen LogP contribution in [-0.4, -0.2) is 34.9 Å². The number of hydrogen-bond donors (Lipinski definition) is 1. The van der Waals surface area contributed by atoms with Gasteiger partial charge in [0.25, 0.3) is 5.91 Å². The minimum absolute atomic E-state index is 0.0921. The predicted molar refractivity (Wildman–Crippen MR) is 92.6 cm³/mol. The molecule has 1 fully saturated rings. The maximum absolute atomic E-state index is 13.0. The van der Waals surface area contributed by atoms with Crippen LogP contribution in [-0.2, 0) is 6.42 Å². The summed E-state index contributed by atoms with van der Waals surface area (Å²) in [5, 5.41) is 3.42. The van der Waals surface area contributed by atoms with Crippen molar-refractivity contribution in [2.24, 2.45) is 0 Å². The number of rotatable bonds is 4. The zero-order valence-electron chi connectivity index (χ0n) is 13.8. The number of nitrogens with one attached hydrogen (secondary N) is 1. The molecule has 5 heteroatoms. The van der Waals surface area contributed by atoms with E-state index in [4.69, 9.17) is 0 Å². The summed E-state index contributed by atoms with van der Waals surface area (Å²) in [5.41, 5.74) is 2.68. The van der Waals surface area contributed by atoms with E-state index < -0.39 is 0 Å². The number of piperidine rings is 1. The van der Waals surface area contributed by atoms with Gasteiger partial charge in [-0.2, -0.15) is 0 Å². The maximum Gasteiger partial charge on any atom is 0.254 e. The molecule has 1 amide bonds. The third-order valence-electron chi connectivity index (χ3n) is 4.51. The molecule has 2 aromatic rings. The molecule has 0 unspecified atom stereocenters. The SMILES string of the molecule is CCc1cnccc1C(=O)N1CCC(Nc2ccc(F)cc2)CC1. The van der Waals surface area contributed by atoms with Crippen molar-refractivity contribution < 1.29 is 9.18 Å². The molecule has 0 atom stereocenters. The number of amides is 1. The highest BCUT2D eigenvalue weighted by Gasteiger charge is 2.24. The van der Waals surface area contributed by atoms with E-state index in [-0.39, 0.29) is 11.7 Å². The number of pyridine rings is 1. The summed E-state index contributed by atoms with van der Waals surface area (Å²) in [6, 6.07) is 8.52. The first kappa shape index (κ1) is 16.4. The summed E-state index contributed by atoms with van der Waals surface area (Å²) in [6.07, 6.45) is 6.02. The summed E-state index contributed by atoms with van der Waals surface area (Å²) in [6.45, 7) is 3.49. The van der Waals surface area contributed by atoms with Crippen LogP contribution in [0.3, 0.4) is 0 Å². The van der Waals surface area contributed by atoms with Crippen molar-refractivity contribution in [1.29, 1.82) is 0 Å². The van der Waals surface area contributed by atoms with Crippen LogP contribution in [0.1, 0.15) is 35.7 Å². The van der Waals surface area contributed by atoms with Crippen LogP contribution in [0.4, 0.5) is 10.1 Å². The smallest absolute Gasteiger partial charge is 0.254 e. The topological polar surface area (TPSA) is 45.2 Å². The van der Waals surface area contributed by atoms with Crippen molar-refractivity contribution in [2.45, 2.75) is 32.2 Å². The lowest BCUT2D eigenvalue weighted by Gasteiger charge is -2.33. The first-order chi connectivity index (χ1) is 11.7. The number of halogens is 1. The molecule has 1 aromatic carbocycles. The molecule has 4 nitrogen and oxygen atoms in total. The van der Waals surface area contributed by atoms with Crippen LogP contribution in [0.25, 0.3) is 0 Å². The van der Waals surface area contributed by atoms with Gasteiger partial charge >= 0.3 is 0 Å². The highest BCUT2D eigenvalue weighted by Crippen LogP contribution is 2.19. The molecule has 0 spiro atoms. The molecule has 1 N–H and O–H groups in total. The number of aryl methyl sites for hydroxylation is 1. The molecule has 0 aliphatic carbocycles. The van der Waals surface area contributed by atoms with Gasteiger partial charge in [0.15, 0.2) is 0 Å². The van der Waals surface area contributed by atoms with Crippen molar-refractivity contribution in [1.82, 2.24) is 9.88 Å². The number of nitrogens with zero attached hydrogens (tertiary/aromatic N) is 2. The van der Waals surface area contributed by atoms with Crippen LogP contribution in [0.2, 0.25) is 0 Å². The second-order valence-corrected chi connectivity index (χ2v) is 6.10. The minimum Gasteiger partial charge on any atom is -0.382 e. The highest BCUT2D eigenvalue weighted by atomic mass is 19.1. The minimum atomic E-state index is -0.231. The van der Waals surface area contributed by atoms with Crippen molar-refractivity contribution >= 4 is 11.6 Å². The molecule has 1 aromatic heterocycles. The van der Waals surface area contributed by atoms with Gasteiger partial charge in [0.1, 0.15) is 5.82 Å². The Morgan fingerprint density at radius 3 is 2.62 bits per heavy atom. The summed E-state index contributed by atoms with van der Waals surface area (Å²) >= 11 is 0. The van der Waals surface area contributed by atoms with E-state index in [2.05, 4.69) is 10.3 Å². The monoisotopic (exact) mass is 327 g/mol. The molecule has 1 aliphatic rings. The second kappa shape index (κ2) is 7.43. The fourth-order valence-electron chi connectivity index (χ4n) is 3.10. The number of anilines is 1. The zero-order chi connectivity index (χ0) is 16.9. The Hall–Kier alpha value is -2.43. The first-order valence-electron chi connectivity index (χ1n) is 8.41. The van der Waals surface area contributed by atoms with Gasteiger partial charge in [-0.15, -0.1) is 0 Å². The summed E-state index contributed by atoms with van der Waals surface area (Å²) in [7, 11) is 0. The third-order valence-corrected chi connectivity index (χ3v) is 4.51. The van der Waals surface area contributed by atoms with Gasteiger partial charge in [0.05, 0.1) is 0 Å². The van der Waals surface area contributed by atoms with Crippen molar-refractivity contribution in [3.8, 4) is 0 Å². The highest BCUT2D eigenvalue weighted by molar-refractivity contribution is 5.95. The zero-order valence-corrected chi connectivity index (χ0v) is 13.8. The number of carbonyl (C=O) groups excluding carboxylic acids is 1. The van der Waals surface area contributed by atoms with Gasteiger partial charge in [-0.3, -0.25) is 9.78 Å². The fourth-order valence-corrected chi connectivity index (χ4v) is 3.10. The molecule has 1 aliphatic heterocycles. The summed E-state index contributed by atoms with van der Waals surface area (Å²) in [5.74, 6) is -0.139. The van der Waals surface area contributed by atoms with Gasteiger partial charge in [0.2, 0.25) is 0 Å². The number of benzene rings is 1. The van der Waals surface area contributed by atoms with Gasteiger partial charge in [0, 0.05) is 42.8 Å². The molecule has 0 radical (unpaired) electrons. The largest absolute Gasteiger partial charge is 0.382 e. The van der Waals surface area contributed by atoms with E-state index in [1.165, 1.54) is 12.1 Å². The average Bonchev–Trinajstić information content (AvgIpc) is 2.63. The Kier molecular flexibility index (Phi) is 5.08. The molecule has 0 saturated carbocycles. The van der Waals surface area contributed by atoms with Crippen LogP contribution >= 0.6 is 0 Å². The molecular weight excluding hydrogens is 305 g/mol. The normalized spacial score (nSPS) is 15.3. The molecule has 24 heavy (non-hydrogen) atoms. The second-order valence-electron chi connectivity index (χ2n) is 6.10. The maximum atomic E-state index is 13.0. The lowest BCUT2D eigenvalue weighted by molar-refractivity contribution is 0.0717. The van der Waals surface area contributed by atoms with E-state index in [0.717, 1.165) is 49.2 Å². The fraction of sp³-hybridized carbons (Fsp3) is 0.368. The predicted octanol–water partition coefficient (Wildman–Crippen LogP) is 3.50. The quantitative estimate of drug-likeness (QED) is 0.935. The summed E-state index contributed by atoms with van der Waals surface area (Å²) < 4.78 is 13.0. The van der Waals surface area contributed by atoms with E-state index in [9.17, 15) is 9.18 Å². The number of likely N-dealkylation sites (tertiary alicyclic amines) is 1. The lowest BCUT2D eigenvalue weighted by Crippen LogP contribution is -2.42. The number of aromatic nitrogens is 1. The van der Waals surface area contributed by atoms with E-state index >= 15 is 0 Å². The molecule has 3 rings (SSSR count). The van der Waals surface area contributed by atoms with Gasteiger partial charge in [-0.1, -0.05) is 6.92 Å². The molecule has 126 valence electrons. The van der Waals surface area contributed by atoms with E-state index in [1.807, 2.05) is 17.9 Å². The van der Waals surface area contributed by atoms with Crippen molar-refractivity contribution in [3.05, 3.63) is 59.7 Å². The van der Waals surface area contributed by atoms with Crippen molar-refractivity contribution in [3.63, 3.8) is 0 Å². The standard InChI is InChI=1S/C19H22FN3O/c1-2-14-13-21-10-7-18(14)19(24)23-11-8-17(9-12-23)22-16-5-3-15(20)4-6-16/h3-7,10,13,17,22H,2,8-9,11-12H2,1H3. The Balaban J connectivity index is 1.58. The van der Waals surface area contributed by atoms with Crippen molar-refractivity contribution in [2.75, 3.05) is 18.4 Å². The lowest BCUT2D eigenvalue weighted by atomic mass is 10.0. The van der Waals surface area contributed by atoms with Crippen LogP contribution < -0.4 is 5.32 Å². The van der Waals surface area contributed by atoms with Crippen LogP contribution in [0.15, 0.2) is 42.7 Å². The third kappa shape index (κ3) is 3.72. The average molecular weight is 327 g/mol. The Labute approximate surface area is 141 Å². The van der Waals surface area contributed by atoms with Gasteiger partial charge < -0.3 is 10.2 Å². The number of carbonyl (C=O) groups is 1. The molecule has 0 bridgehead atoms. The first-order valence-corrected chi connectivity index (χ1v) is 8.41. The van der Waals surface area contributed by atoms with E-state index in [1.54, 1.807) is 24.5 Å². The number of hydrogen-bond acceptors (Lipinski definition) is 3. The van der Waals surface area contributed by atoms with E-state index in [0.29, 0.717) is 6.04 Å². The molecular formula is C19H22FN3O. The molecule has 2 heterocycles. The Morgan fingerprint density at radius 2 is 1.96 bits per heavy atom. The van der Waals surface area contributed by atoms with Gasteiger partial charge in [-0.05, 0) is 55.2 Å². The summed E-state index contributed by atoms with van der Waals surface area (Å²) in [4.78, 5) is 18.7.